The van der Waals surface area contributed by atoms with Crippen molar-refractivity contribution < 1.29 is 14.3 Å². The molecule has 0 radical (unpaired) electrons. The van der Waals surface area contributed by atoms with Gasteiger partial charge in [0.05, 0.1) is 12.6 Å². The van der Waals surface area contributed by atoms with Crippen LogP contribution in [0.1, 0.15) is 26.2 Å². The minimum Gasteiger partial charge on any atom is -0.356 e. The Morgan fingerprint density at radius 1 is 1.50 bits per heavy atom. The number of hydrogen-bond donors (Lipinski definition) is 1. The largest absolute Gasteiger partial charge is 0.356 e. The fourth-order valence-electron chi connectivity index (χ4n) is 2.46. The maximum absolute atomic E-state index is 12.2. The molecule has 0 spiro atoms. The van der Waals surface area contributed by atoms with Crippen LogP contribution >= 0.6 is 0 Å². The smallest absolute Gasteiger partial charge is 0.242 e. The third kappa shape index (κ3) is 1.85. The number of amides is 1. The van der Waals surface area contributed by atoms with Crippen molar-refractivity contribution in [2.24, 2.45) is 0 Å². The molecule has 2 aliphatic rings. The highest BCUT2D eigenvalue weighted by atomic mass is 16.5. The molecule has 2 fully saturated rings. The predicted octanol–water partition coefficient (Wildman–Crippen LogP) is -0.0992. The molecule has 2 saturated heterocycles. The second-order valence-corrected chi connectivity index (χ2v) is 4.43. The van der Waals surface area contributed by atoms with Crippen molar-refractivity contribution in [1.29, 1.82) is 0 Å². The Morgan fingerprint density at radius 3 is 2.88 bits per heavy atom. The lowest BCUT2D eigenvalue weighted by atomic mass is 10.1. The third-order valence-corrected chi connectivity index (χ3v) is 3.41. The molecule has 0 aromatic carbocycles. The number of fused-ring (bicyclic) bond motifs is 1. The highest BCUT2D eigenvalue weighted by molar-refractivity contribution is 5.90. The van der Waals surface area contributed by atoms with E-state index < -0.39 is 0 Å². The summed E-state index contributed by atoms with van der Waals surface area (Å²) in [4.78, 5) is 25.3. The number of rotatable bonds is 2. The first-order valence-electron chi connectivity index (χ1n) is 5.76. The van der Waals surface area contributed by atoms with E-state index in [2.05, 4.69) is 5.32 Å². The quantitative estimate of drug-likeness (QED) is 0.714. The fourth-order valence-corrected chi connectivity index (χ4v) is 2.46. The van der Waals surface area contributed by atoms with Gasteiger partial charge in [-0.2, -0.15) is 0 Å². The zero-order chi connectivity index (χ0) is 11.7. The highest BCUT2D eigenvalue weighted by Gasteiger charge is 2.43. The van der Waals surface area contributed by atoms with Gasteiger partial charge in [-0.05, 0) is 33.2 Å². The van der Waals surface area contributed by atoms with Gasteiger partial charge in [0.25, 0.3) is 0 Å². The normalized spacial score (nSPS) is 34.8. The number of ketones is 1. The van der Waals surface area contributed by atoms with Gasteiger partial charge < -0.3 is 15.0 Å². The van der Waals surface area contributed by atoms with E-state index >= 15 is 0 Å². The van der Waals surface area contributed by atoms with Crippen molar-refractivity contribution in [3.8, 4) is 0 Å². The number of ether oxygens (including phenoxy) is 1. The van der Waals surface area contributed by atoms with Crippen LogP contribution in [0.3, 0.4) is 0 Å². The first-order chi connectivity index (χ1) is 7.65. The zero-order valence-electron chi connectivity index (χ0n) is 9.73. The maximum Gasteiger partial charge on any atom is 0.242 e. The molecule has 5 heteroatoms. The van der Waals surface area contributed by atoms with Gasteiger partial charge >= 0.3 is 0 Å². The highest BCUT2D eigenvalue weighted by Crippen LogP contribution is 2.27. The second kappa shape index (κ2) is 4.51. The van der Waals surface area contributed by atoms with Crippen LogP contribution in [-0.4, -0.2) is 48.6 Å². The molecule has 5 nitrogen and oxygen atoms in total. The van der Waals surface area contributed by atoms with Gasteiger partial charge in [-0.15, -0.1) is 0 Å². The Kier molecular flexibility index (Phi) is 3.25. The Bertz CT molecular complexity index is 306. The summed E-state index contributed by atoms with van der Waals surface area (Å²) in [6.07, 6.45) is 2.40. The van der Waals surface area contributed by atoms with E-state index in [9.17, 15) is 9.59 Å². The van der Waals surface area contributed by atoms with Crippen LogP contribution in [0.2, 0.25) is 0 Å². The fraction of sp³-hybridized carbons (Fsp3) is 0.818. The molecule has 2 aliphatic heterocycles. The van der Waals surface area contributed by atoms with Crippen molar-refractivity contribution in [2.45, 2.75) is 44.5 Å². The van der Waals surface area contributed by atoms with Crippen molar-refractivity contribution in [2.75, 3.05) is 13.7 Å². The summed E-state index contributed by atoms with van der Waals surface area (Å²) in [5.74, 6) is 0.00954. The molecule has 0 aliphatic carbocycles. The van der Waals surface area contributed by atoms with Gasteiger partial charge in [0.2, 0.25) is 5.91 Å². The van der Waals surface area contributed by atoms with E-state index in [0.29, 0.717) is 6.61 Å². The molecule has 3 atom stereocenters. The van der Waals surface area contributed by atoms with Crippen LogP contribution in [0.15, 0.2) is 0 Å². The Morgan fingerprint density at radius 2 is 2.25 bits per heavy atom. The van der Waals surface area contributed by atoms with Crippen molar-refractivity contribution in [3.05, 3.63) is 0 Å². The van der Waals surface area contributed by atoms with Crippen molar-refractivity contribution >= 4 is 11.7 Å². The summed E-state index contributed by atoms with van der Waals surface area (Å²) in [6.45, 7) is 1.87. The zero-order valence-corrected chi connectivity index (χ0v) is 9.73. The Hall–Kier alpha value is -0.940. The molecule has 1 N–H and O–H groups in total. The molecule has 16 heavy (non-hydrogen) atoms. The van der Waals surface area contributed by atoms with E-state index in [1.54, 1.807) is 11.9 Å². The third-order valence-electron chi connectivity index (χ3n) is 3.41. The number of carbonyl (C=O) groups is 2. The molecule has 1 amide bonds. The molecular formula is C11H18N2O3. The minimum absolute atomic E-state index is 0.00250. The number of likely N-dealkylation sites (N-methyl/N-ethyl adjacent to an activating group) is 1. The number of carbonyl (C=O) groups excluding carboxylic acids is 2. The average Bonchev–Trinajstić information content (AvgIpc) is 2.61. The summed E-state index contributed by atoms with van der Waals surface area (Å²) in [5, 5.41) is 3.01. The number of nitrogens with one attached hydrogen (secondary N) is 1. The SMILES string of the molecule is CNC1CCCC2OCC(C(C)=O)N2C1=O. The van der Waals surface area contributed by atoms with Crippen molar-refractivity contribution in [1.82, 2.24) is 10.2 Å². The topological polar surface area (TPSA) is 58.6 Å². The number of nitrogens with zero attached hydrogens (tertiary/aromatic N) is 1. The van der Waals surface area contributed by atoms with Crippen LogP contribution in [0, 0.1) is 0 Å². The van der Waals surface area contributed by atoms with Gasteiger partial charge in [0.1, 0.15) is 12.3 Å². The minimum atomic E-state index is -0.383. The number of hydrogen-bond acceptors (Lipinski definition) is 4. The van der Waals surface area contributed by atoms with Crippen LogP contribution in [0.25, 0.3) is 0 Å². The number of Topliss-reactive ketones (excluding diaryl/α,β-unsaturated/α-hetero) is 1. The van der Waals surface area contributed by atoms with Gasteiger partial charge in [0.15, 0.2) is 5.78 Å². The molecule has 0 bridgehead atoms. The summed E-state index contributed by atoms with van der Waals surface area (Å²) >= 11 is 0. The predicted molar refractivity (Wildman–Crippen MR) is 57.8 cm³/mol. The van der Waals surface area contributed by atoms with Gasteiger partial charge in [-0.25, -0.2) is 0 Å². The maximum atomic E-state index is 12.2. The Labute approximate surface area is 95.1 Å². The van der Waals surface area contributed by atoms with E-state index in [4.69, 9.17) is 4.74 Å². The van der Waals surface area contributed by atoms with Crippen LogP contribution in [-0.2, 0) is 14.3 Å². The van der Waals surface area contributed by atoms with E-state index in [0.717, 1.165) is 19.3 Å². The van der Waals surface area contributed by atoms with Gasteiger partial charge in [0, 0.05) is 0 Å². The summed E-state index contributed by atoms with van der Waals surface area (Å²) in [6, 6.07) is -0.556. The molecular weight excluding hydrogens is 208 g/mol. The average molecular weight is 226 g/mol. The molecule has 0 saturated carbocycles. The van der Waals surface area contributed by atoms with Crippen LogP contribution < -0.4 is 5.32 Å². The van der Waals surface area contributed by atoms with Crippen LogP contribution in [0.4, 0.5) is 0 Å². The monoisotopic (exact) mass is 226 g/mol. The lowest BCUT2D eigenvalue weighted by Gasteiger charge is -2.27. The van der Waals surface area contributed by atoms with E-state index in [1.165, 1.54) is 6.92 Å². The van der Waals surface area contributed by atoms with E-state index in [-0.39, 0.29) is 30.0 Å². The lowest BCUT2D eigenvalue weighted by molar-refractivity contribution is -0.142. The van der Waals surface area contributed by atoms with Crippen molar-refractivity contribution in [3.63, 3.8) is 0 Å². The standard InChI is InChI=1S/C11H18N2O3/c1-7(14)9-6-16-10-5-3-4-8(12-2)11(15)13(9)10/h8-10,12H,3-6H2,1-2H3. The van der Waals surface area contributed by atoms with Gasteiger partial charge in [-0.3, -0.25) is 9.59 Å². The molecule has 2 heterocycles. The molecule has 0 aromatic rings. The summed E-state index contributed by atoms with van der Waals surface area (Å²) in [7, 11) is 1.78. The summed E-state index contributed by atoms with van der Waals surface area (Å²) in [5.41, 5.74) is 0. The molecule has 90 valence electrons. The van der Waals surface area contributed by atoms with E-state index in [1.807, 2.05) is 0 Å². The molecule has 2 rings (SSSR count). The summed E-state index contributed by atoms with van der Waals surface area (Å²) < 4.78 is 5.53. The Balaban J connectivity index is 2.22. The van der Waals surface area contributed by atoms with Gasteiger partial charge in [-0.1, -0.05) is 0 Å². The molecule has 0 aromatic heterocycles. The van der Waals surface area contributed by atoms with Crippen LogP contribution in [0.5, 0.6) is 0 Å². The lowest BCUT2D eigenvalue weighted by Crippen LogP contribution is -2.51. The second-order valence-electron chi connectivity index (χ2n) is 4.43. The first-order valence-corrected chi connectivity index (χ1v) is 5.76. The molecule has 3 unspecified atom stereocenters. The first kappa shape index (κ1) is 11.5.